The molecule has 0 N–H and O–H groups in total. The van der Waals surface area contributed by atoms with Gasteiger partial charge in [-0.25, -0.2) is 0 Å². The summed E-state index contributed by atoms with van der Waals surface area (Å²) in [5, 5.41) is 0. The van der Waals surface area contributed by atoms with E-state index in [-0.39, 0.29) is 0 Å². The maximum Gasteiger partial charge on any atom is 0.129 e. The van der Waals surface area contributed by atoms with Crippen molar-refractivity contribution in [3.63, 3.8) is 0 Å². The normalized spacial score (nSPS) is 28.7. The molecule has 3 atom stereocenters. The number of ketones is 1. The van der Waals surface area contributed by atoms with E-state index in [2.05, 4.69) is 35.2 Å². The summed E-state index contributed by atoms with van der Waals surface area (Å²) in [5.74, 6) is 0.311. The molecule has 3 nitrogen and oxygen atoms in total. The van der Waals surface area contributed by atoms with E-state index >= 15 is 0 Å². The number of carbonyl (C=O) groups is 1. The van der Waals surface area contributed by atoms with Crippen LogP contribution in [-0.2, 0) is 9.53 Å². The maximum absolute atomic E-state index is 11.0. The Balaban J connectivity index is 1.60. The second-order valence-electron chi connectivity index (χ2n) is 6.34. The highest BCUT2D eigenvalue weighted by Crippen LogP contribution is 2.41. The Labute approximate surface area is 127 Å². The smallest absolute Gasteiger partial charge is 0.129 e. The molecule has 3 rings (SSSR count). The van der Waals surface area contributed by atoms with E-state index in [9.17, 15) is 4.79 Å². The average Bonchev–Trinajstić information content (AvgIpc) is 3.06. The van der Waals surface area contributed by atoms with Gasteiger partial charge in [-0.2, -0.15) is 0 Å². The van der Waals surface area contributed by atoms with Crippen molar-refractivity contribution < 1.29 is 9.53 Å². The van der Waals surface area contributed by atoms with E-state index in [1.54, 1.807) is 6.92 Å². The largest absolute Gasteiger partial charge is 0.361 e. The van der Waals surface area contributed by atoms with Crippen LogP contribution >= 0.6 is 0 Å². The third kappa shape index (κ3) is 3.35. The van der Waals surface area contributed by atoms with Crippen LogP contribution in [0.25, 0.3) is 0 Å². The molecule has 0 spiro atoms. The molecule has 2 aliphatic heterocycles. The minimum atomic E-state index is 0.311. The molecule has 3 unspecified atom stereocenters. The Bertz CT molecular complexity index is 473. The molecular formula is C18H25NO2. The van der Waals surface area contributed by atoms with Gasteiger partial charge in [0, 0.05) is 12.5 Å². The molecule has 0 amide bonds. The van der Waals surface area contributed by atoms with Crippen LogP contribution < -0.4 is 0 Å². The zero-order valence-electron chi connectivity index (χ0n) is 12.8. The summed E-state index contributed by atoms with van der Waals surface area (Å²) in [7, 11) is 0. The van der Waals surface area contributed by atoms with Crippen LogP contribution in [0.5, 0.6) is 0 Å². The lowest BCUT2D eigenvalue weighted by Gasteiger charge is -2.29. The van der Waals surface area contributed by atoms with Gasteiger partial charge in [0.2, 0.25) is 0 Å². The lowest BCUT2D eigenvalue weighted by atomic mass is 10.0. The first-order valence-corrected chi connectivity index (χ1v) is 8.19. The zero-order chi connectivity index (χ0) is 14.7. The first-order chi connectivity index (χ1) is 10.3. The summed E-state index contributed by atoms with van der Waals surface area (Å²) in [6, 6.07) is 11.7. The van der Waals surface area contributed by atoms with Crippen LogP contribution in [-0.4, -0.2) is 29.6 Å². The van der Waals surface area contributed by atoms with Crippen molar-refractivity contribution in [2.75, 3.05) is 6.61 Å². The summed E-state index contributed by atoms with van der Waals surface area (Å²) in [4.78, 5) is 13.6. The molecule has 1 aromatic rings. The first kappa shape index (κ1) is 14.7. The molecule has 3 heteroatoms. The molecule has 21 heavy (non-hydrogen) atoms. The van der Waals surface area contributed by atoms with Gasteiger partial charge in [0.25, 0.3) is 0 Å². The lowest BCUT2D eigenvalue weighted by Crippen LogP contribution is -2.34. The Kier molecular flexibility index (Phi) is 4.71. The number of ether oxygens (including phenoxy) is 1. The van der Waals surface area contributed by atoms with Gasteiger partial charge in [-0.1, -0.05) is 36.8 Å². The monoisotopic (exact) mass is 287 g/mol. The van der Waals surface area contributed by atoms with E-state index in [1.165, 1.54) is 18.4 Å². The number of nitrogens with zero attached hydrogens (tertiary/aromatic N) is 1. The number of Topliss-reactive ketones (excluding diaryl/α,β-unsaturated/α-hetero) is 1. The minimum absolute atomic E-state index is 0.311. The van der Waals surface area contributed by atoms with Gasteiger partial charge >= 0.3 is 0 Å². The van der Waals surface area contributed by atoms with Gasteiger partial charge in [-0.15, -0.1) is 0 Å². The number of hydrogen-bond donors (Lipinski definition) is 0. The Morgan fingerprint density at radius 2 is 2.05 bits per heavy atom. The van der Waals surface area contributed by atoms with E-state index in [4.69, 9.17) is 4.74 Å². The van der Waals surface area contributed by atoms with Gasteiger partial charge in [0.05, 0.1) is 12.6 Å². The van der Waals surface area contributed by atoms with Crippen molar-refractivity contribution in [1.82, 2.24) is 4.90 Å². The quantitative estimate of drug-likeness (QED) is 0.747. The van der Waals surface area contributed by atoms with Gasteiger partial charge in [0.15, 0.2) is 0 Å². The number of hydrogen-bond acceptors (Lipinski definition) is 3. The standard InChI is InChI=1S/C18H25NO2/c1-14(20)7-5-6-10-16-11-12-18-19(16)17(13-21-18)15-8-3-2-4-9-15/h2-4,8-9,16-18H,5-7,10-13H2,1H3. The van der Waals surface area contributed by atoms with E-state index in [0.717, 1.165) is 32.3 Å². The van der Waals surface area contributed by atoms with Crippen molar-refractivity contribution in [3.8, 4) is 0 Å². The van der Waals surface area contributed by atoms with Crippen molar-refractivity contribution >= 4 is 5.78 Å². The van der Waals surface area contributed by atoms with Gasteiger partial charge in [-0.3, -0.25) is 4.90 Å². The summed E-state index contributed by atoms with van der Waals surface area (Å²) in [6.45, 7) is 2.50. The highest BCUT2D eigenvalue weighted by atomic mass is 16.5. The van der Waals surface area contributed by atoms with Crippen molar-refractivity contribution in [3.05, 3.63) is 35.9 Å². The fourth-order valence-electron chi connectivity index (χ4n) is 3.77. The second-order valence-corrected chi connectivity index (χ2v) is 6.34. The number of rotatable bonds is 6. The van der Waals surface area contributed by atoms with Crippen LogP contribution in [0.15, 0.2) is 30.3 Å². The van der Waals surface area contributed by atoms with Crippen molar-refractivity contribution in [1.29, 1.82) is 0 Å². The molecule has 0 aliphatic carbocycles. The summed E-state index contributed by atoms with van der Waals surface area (Å²) < 4.78 is 5.99. The number of fused-ring (bicyclic) bond motifs is 1. The molecule has 0 radical (unpaired) electrons. The molecule has 0 aromatic heterocycles. The molecule has 114 valence electrons. The van der Waals surface area contributed by atoms with Crippen LogP contribution in [0.3, 0.4) is 0 Å². The van der Waals surface area contributed by atoms with E-state index in [0.29, 0.717) is 24.1 Å². The number of unbranched alkanes of at least 4 members (excludes halogenated alkanes) is 1. The van der Waals surface area contributed by atoms with E-state index in [1.807, 2.05) is 0 Å². The lowest BCUT2D eigenvalue weighted by molar-refractivity contribution is -0.117. The molecule has 2 fully saturated rings. The maximum atomic E-state index is 11.0. The molecule has 2 saturated heterocycles. The predicted molar refractivity (Wildman–Crippen MR) is 82.9 cm³/mol. The molecule has 0 saturated carbocycles. The minimum Gasteiger partial charge on any atom is -0.361 e. The second kappa shape index (κ2) is 6.71. The summed E-state index contributed by atoms with van der Waals surface area (Å²) in [5.41, 5.74) is 1.37. The van der Waals surface area contributed by atoms with Gasteiger partial charge in [0.1, 0.15) is 12.0 Å². The number of benzene rings is 1. The van der Waals surface area contributed by atoms with Crippen LogP contribution in [0.4, 0.5) is 0 Å². The molecular weight excluding hydrogens is 262 g/mol. The third-order valence-electron chi connectivity index (χ3n) is 4.81. The van der Waals surface area contributed by atoms with Crippen molar-refractivity contribution in [2.24, 2.45) is 0 Å². The van der Waals surface area contributed by atoms with Gasteiger partial charge < -0.3 is 9.53 Å². The fraction of sp³-hybridized carbons (Fsp3) is 0.611. The average molecular weight is 287 g/mol. The Morgan fingerprint density at radius 1 is 1.24 bits per heavy atom. The van der Waals surface area contributed by atoms with E-state index < -0.39 is 0 Å². The summed E-state index contributed by atoms with van der Waals surface area (Å²) >= 11 is 0. The SMILES string of the molecule is CC(=O)CCCCC1CCC2OCC(c3ccccc3)N12. The fourth-order valence-corrected chi connectivity index (χ4v) is 3.77. The molecule has 2 heterocycles. The van der Waals surface area contributed by atoms with Crippen molar-refractivity contribution in [2.45, 2.75) is 63.8 Å². The summed E-state index contributed by atoms with van der Waals surface area (Å²) in [6.07, 6.45) is 6.80. The highest BCUT2D eigenvalue weighted by molar-refractivity contribution is 5.75. The predicted octanol–water partition coefficient (Wildman–Crippen LogP) is 3.70. The molecule has 1 aromatic carbocycles. The highest BCUT2D eigenvalue weighted by Gasteiger charge is 2.43. The topological polar surface area (TPSA) is 29.5 Å². The number of carbonyl (C=O) groups excluding carboxylic acids is 1. The zero-order valence-corrected chi connectivity index (χ0v) is 12.8. The van der Waals surface area contributed by atoms with Crippen LogP contribution in [0, 0.1) is 0 Å². The first-order valence-electron chi connectivity index (χ1n) is 8.19. The van der Waals surface area contributed by atoms with Crippen LogP contribution in [0.1, 0.15) is 57.1 Å². The van der Waals surface area contributed by atoms with Gasteiger partial charge in [-0.05, 0) is 38.2 Å². The third-order valence-corrected chi connectivity index (χ3v) is 4.81. The Morgan fingerprint density at radius 3 is 2.81 bits per heavy atom. The Hall–Kier alpha value is -1.19. The van der Waals surface area contributed by atoms with Crippen LogP contribution in [0.2, 0.25) is 0 Å². The molecule has 2 aliphatic rings. The molecule has 0 bridgehead atoms.